The summed E-state index contributed by atoms with van der Waals surface area (Å²) in [5.74, 6) is 0. The normalized spacial score (nSPS) is 7.88. The van der Waals surface area contributed by atoms with E-state index in [2.05, 4.69) is 23.3 Å². The first kappa shape index (κ1) is 29.7. The van der Waals surface area contributed by atoms with Gasteiger partial charge in [-0.15, -0.1) is 0 Å². The molecule has 0 unspecified atom stereocenters. The highest BCUT2D eigenvalue weighted by atomic mass is 16.5. The monoisotopic (exact) mass is 240 g/mol. The van der Waals surface area contributed by atoms with Crippen LogP contribution in [0.3, 0.4) is 0 Å². The van der Waals surface area contributed by atoms with Crippen LogP contribution < -0.4 is 0 Å². The van der Waals surface area contributed by atoms with E-state index in [1.807, 2.05) is 0 Å². The van der Waals surface area contributed by atoms with Crippen LogP contribution in [0.4, 0.5) is 0 Å². The molecule has 0 saturated heterocycles. The zero-order chi connectivity index (χ0) is 10.5. The largest absolute Gasteiger partial charge is 0.388 e. The molecule has 3 heteroatoms. The van der Waals surface area contributed by atoms with Gasteiger partial charge in [0.25, 0.3) is 0 Å². The third kappa shape index (κ3) is 37.1. The Morgan fingerprint density at radius 2 is 1.19 bits per heavy atom. The predicted molar refractivity (Wildman–Crippen MR) is 75.2 cm³/mol. The van der Waals surface area contributed by atoms with Crippen molar-refractivity contribution in [2.24, 2.45) is 0 Å². The zero-order valence-corrected chi connectivity index (χ0v) is 9.38. The lowest BCUT2D eigenvalue weighted by atomic mass is 10.3. The Kier molecular flexibility index (Phi) is 54.5. The van der Waals surface area contributed by atoms with Crippen molar-refractivity contribution in [3.05, 3.63) is 0 Å². The number of methoxy groups -OCH3 is 2. The van der Waals surface area contributed by atoms with E-state index in [0.717, 1.165) is 0 Å². The van der Waals surface area contributed by atoms with Crippen LogP contribution >= 0.6 is 0 Å². The summed E-state index contributed by atoms with van der Waals surface area (Å²) in [5, 5.41) is 8.80. The molecular weight excluding hydrogens is 204 g/mol. The molecule has 0 rings (SSSR count). The predicted octanol–water partition coefficient (Wildman–Crippen LogP) is 3.74. The number of ether oxygens (including phenoxy) is 2. The van der Waals surface area contributed by atoms with E-state index in [1.165, 1.54) is 19.3 Å². The van der Waals surface area contributed by atoms with Crippen molar-refractivity contribution in [3.63, 3.8) is 0 Å². The van der Waals surface area contributed by atoms with Gasteiger partial charge < -0.3 is 14.6 Å². The number of unbranched alkanes of at least 4 members (excludes halogenated alkanes) is 2. The fraction of sp³-hybridized carbons (Fsp3) is 1.00. The van der Waals surface area contributed by atoms with Gasteiger partial charge in [0.05, 0.1) is 13.2 Å². The van der Waals surface area contributed by atoms with Gasteiger partial charge in [0.1, 0.15) is 6.10 Å². The fourth-order valence-corrected chi connectivity index (χ4v) is 0.786. The standard InChI is InChI=1S/C5H12O3.C5H12.3CH4/c1-7-3-5(6)4-8-2;1-3-5-4-2;;;/h5-6H,3-4H2,1-2H3;3-5H2,1-2H3;3*1H4. The minimum absolute atomic E-state index is 0. The van der Waals surface area contributed by atoms with Crippen molar-refractivity contribution in [1.29, 1.82) is 0 Å². The van der Waals surface area contributed by atoms with Crippen molar-refractivity contribution in [2.75, 3.05) is 27.4 Å². The van der Waals surface area contributed by atoms with E-state index in [1.54, 1.807) is 14.2 Å². The minimum Gasteiger partial charge on any atom is -0.388 e. The molecule has 0 amide bonds. The molecule has 0 aliphatic carbocycles. The van der Waals surface area contributed by atoms with Crippen LogP contribution in [0.5, 0.6) is 0 Å². The average Bonchev–Trinajstić information content (AvgIpc) is 2.08. The lowest BCUT2D eigenvalue weighted by Gasteiger charge is -2.05. The molecule has 0 radical (unpaired) electrons. The van der Waals surface area contributed by atoms with Crippen LogP contribution in [0.15, 0.2) is 0 Å². The van der Waals surface area contributed by atoms with Crippen LogP contribution in [-0.4, -0.2) is 38.6 Å². The third-order valence-corrected chi connectivity index (χ3v) is 1.43. The Balaban J connectivity index is -0.0000000454. The summed E-state index contributed by atoms with van der Waals surface area (Å²) in [6, 6.07) is 0. The van der Waals surface area contributed by atoms with E-state index in [-0.39, 0.29) is 22.3 Å². The highest BCUT2D eigenvalue weighted by Gasteiger charge is 1.99. The van der Waals surface area contributed by atoms with Crippen molar-refractivity contribution in [2.45, 2.75) is 61.5 Å². The van der Waals surface area contributed by atoms with Gasteiger partial charge in [-0.05, 0) is 0 Å². The molecule has 106 valence electrons. The van der Waals surface area contributed by atoms with Crippen LogP contribution in [0.2, 0.25) is 0 Å². The summed E-state index contributed by atoms with van der Waals surface area (Å²) in [6.07, 6.45) is 3.59. The quantitative estimate of drug-likeness (QED) is 0.768. The third-order valence-electron chi connectivity index (χ3n) is 1.43. The summed E-state index contributed by atoms with van der Waals surface area (Å²) in [5.41, 5.74) is 0. The molecule has 0 spiro atoms. The molecule has 0 bridgehead atoms. The van der Waals surface area contributed by atoms with E-state index >= 15 is 0 Å². The maximum absolute atomic E-state index is 8.80. The fourth-order valence-electron chi connectivity index (χ4n) is 0.786. The molecule has 0 aliphatic rings. The van der Waals surface area contributed by atoms with Gasteiger partial charge in [-0.25, -0.2) is 0 Å². The van der Waals surface area contributed by atoms with E-state index < -0.39 is 6.10 Å². The summed E-state index contributed by atoms with van der Waals surface area (Å²) in [7, 11) is 3.08. The molecule has 0 aromatic heterocycles. The molecule has 0 fully saturated rings. The van der Waals surface area contributed by atoms with Crippen molar-refractivity contribution < 1.29 is 14.6 Å². The van der Waals surface area contributed by atoms with Gasteiger partial charge in [0.15, 0.2) is 0 Å². The number of aliphatic hydroxyl groups excluding tert-OH is 1. The van der Waals surface area contributed by atoms with E-state index in [9.17, 15) is 0 Å². The van der Waals surface area contributed by atoms with Gasteiger partial charge in [0, 0.05) is 14.2 Å². The Bertz CT molecular complexity index is 69.6. The smallest absolute Gasteiger partial charge is 0.101 e. The van der Waals surface area contributed by atoms with Gasteiger partial charge >= 0.3 is 0 Å². The first-order valence-corrected chi connectivity index (χ1v) is 4.88. The van der Waals surface area contributed by atoms with Gasteiger partial charge in [0.2, 0.25) is 0 Å². The second-order valence-electron chi connectivity index (χ2n) is 2.92. The molecule has 0 aromatic carbocycles. The lowest BCUT2D eigenvalue weighted by molar-refractivity contribution is 0.00980. The lowest BCUT2D eigenvalue weighted by Crippen LogP contribution is -2.19. The number of rotatable bonds is 6. The molecule has 3 nitrogen and oxygen atoms in total. The van der Waals surface area contributed by atoms with Crippen molar-refractivity contribution in [3.8, 4) is 0 Å². The molecule has 0 aliphatic heterocycles. The zero-order valence-electron chi connectivity index (χ0n) is 9.38. The average molecular weight is 240 g/mol. The minimum atomic E-state index is -0.481. The van der Waals surface area contributed by atoms with E-state index in [0.29, 0.717) is 13.2 Å². The van der Waals surface area contributed by atoms with Crippen LogP contribution in [0, 0.1) is 0 Å². The molecule has 0 atom stereocenters. The van der Waals surface area contributed by atoms with Crippen molar-refractivity contribution >= 4 is 0 Å². The maximum Gasteiger partial charge on any atom is 0.101 e. The Morgan fingerprint density at radius 1 is 0.875 bits per heavy atom. The van der Waals surface area contributed by atoms with Crippen molar-refractivity contribution in [1.82, 2.24) is 0 Å². The summed E-state index contributed by atoms with van der Waals surface area (Å²) in [4.78, 5) is 0. The molecular formula is C13H36O3. The SMILES string of the molecule is C.C.C.CCCCC.COCC(O)COC. The highest BCUT2D eigenvalue weighted by Crippen LogP contribution is 1.88. The van der Waals surface area contributed by atoms with Crippen LogP contribution in [0.1, 0.15) is 55.4 Å². The molecule has 1 N–H and O–H groups in total. The number of hydrogen-bond acceptors (Lipinski definition) is 3. The molecule has 0 heterocycles. The number of aliphatic hydroxyl groups is 1. The van der Waals surface area contributed by atoms with Gasteiger partial charge in [-0.3, -0.25) is 0 Å². The van der Waals surface area contributed by atoms with E-state index in [4.69, 9.17) is 5.11 Å². The summed E-state index contributed by atoms with van der Waals surface area (Å²) in [6.45, 7) is 5.11. The molecule has 16 heavy (non-hydrogen) atoms. The Morgan fingerprint density at radius 3 is 1.31 bits per heavy atom. The number of hydrogen-bond donors (Lipinski definition) is 1. The molecule has 0 saturated carbocycles. The maximum atomic E-state index is 8.80. The second-order valence-corrected chi connectivity index (χ2v) is 2.92. The first-order chi connectivity index (χ1) is 6.22. The summed E-state index contributed by atoms with van der Waals surface area (Å²) >= 11 is 0. The first-order valence-electron chi connectivity index (χ1n) is 4.88. The highest BCUT2D eigenvalue weighted by molar-refractivity contribution is 4.48. The van der Waals surface area contributed by atoms with Crippen LogP contribution in [-0.2, 0) is 9.47 Å². The topological polar surface area (TPSA) is 38.7 Å². The van der Waals surface area contributed by atoms with Gasteiger partial charge in [-0.2, -0.15) is 0 Å². The second kappa shape index (κ2) is 29.4. The Hall–Kier alpha value is -0.120. The Labute approximate surface area is 104 Å². The van der Waals surface area contributed by atoms with Gasteiger partial charge in [-0.1, -0.05) is 55.4 Å². The van der Waals surface area contributed by atoms with Crippen LogP contribution in [0.25, 0.3) is 0 Å². The molecule has 0 aromatic rings. The summed E-state index contributed by atoms with van der Waals surface area (Å²) < 4.78 is 9.25.